The van der Waals surface area contributed by atoms with Crippen LogP contribution in [0, 0.1) is 5.92 Å². The Balaban J connectivity index is 1.79. The van der Waals surface area contributed by atoms with E-state index in [0.29, 0.717) is 12.8 Å². The first kappa shape index (κ1) is 16.3. The maximum atomic E-state index is 12.0. The van der Waals surface area contributed by atoms with Crippen LogP contribution in [0.2, 0.25) is 0 Å². The van der Waals surface area contributed by atoms with E-state index in [1.54, 1.807) is 6.08 Å². The highest BCUT2D eigenvalue weighted by atomic mass is 19.1. The highest BCUT2D eigenvalue weighted by Crippen LogP contribution is 2.37. The highest BCUT2D eigenvalue weighted by Gasteiger charge is 2.21. The number of rotatable bonds is 7. The molecule has 1 aliphatic rings. The van der Waals surface area contributed by atoms with Gasteiger partial charge in [-0.1, -0.05) is 62.9 Å². The summed E-state index contributed by atoms with van der Waals surface area (Å²) in [5, 5.41) is 0. The lowest BCUT2D eigenvalue weighted by atomic mass is 9.77. The molecule has 1 aliphatic carbocycles. The summed E-state index contributed by atoms with van der Waals surface area (Å²) in [6, 6.07) is 8.82. The summed E-state index contributed by atoms with van der Waals surface area (Å²) in [7, 11) is 0. The fraction of sp³-hybridized carbons (Fsp3) is 0.600. The van der Waals surface area contributed by atoms with Gasteiger partial charge in [-0.25, -0.2) is 4.39 Å². The number of benzene rings is 1. The Morgan fingerprint density at radius 1 is 1.05 bits per heavy atom. The molecule has 1 saturated carbocycles. The number of unbranched alkanes of at least 4 members (excludes halogenated alkanes) is 2. The van der Waals surface area contributed by atoms with Gasteiger partial charge in [0.05, 0.1) is 6.33 Å². The maximum Gasteiger partial charge on any atom is 0.0830 e. The molecule has 0 saturated heterocycles. The molecule has 0 atom stereocenters. The number of halogens is 1. The van der Waals surface area contributed by atoms with Gasteiger partial charge in [-0.3, -0.25) is 0 Å². The zero-order valence-electron chi connectivity index (χ0n) is 13.4. The van der Waals surface area contributed by atoms with Crippen molar-refractivity contribution in [2.24, 2.45) is 5.92 Å². The van der Waals surface area contributed by atoms with E-state index in [1.165, 1.54) is 62.5 Å². The molecule has 1 fully saturated rings. The molecule has 1 aromatic rings. The summed E-state index contributed by atoms with van der Waals surface area (Å²) < 4.78 is 12.0. The first-order valence-electron chi connectivity index (χ1n) is 8.67. The molecule has 0 spiro atoms. The smallest absolute Gasteiger partial charge is 0.0830 e. The minimum absolute atomic E-state index is 0.633. The van der Waals surface area contributed by atoms with E-state index in [4.69, 9.17) is 0 Å². The quantitative estimate of drug-likeness (QED) is 0.498. The number of allylic oxidation sites excluding steroid dienone is 1. The van der Waals surface area contributed by atoms with E-state index in [1.807, 2.05) is 0 Å². The van der Waals surface area contributed by atoms with Crippen LogP contribution in [0.15, 0.2) is 36.7 Å². The Bertz CT molecular complexity index is 410. The van der Waals surface area contributed by atoms with Gasteiger partial charge in [0.2, 0.25) is 0 Å². The fourth-order valence-electron chi connectivity index (χ4n) is 3.57. The number of hydrogen-bond donors (Lipinski definition) is 0. The summed E-state index contributed by atoms with van der Waals surface area (Å²) in [6.07, 6.45) is 14.0. The zero-order chi connectivity index (χ0) is 14.9. The van der Waals surface area contributed by atoms with Crippen LogP contribution in [0.1, 0.15) is 75.3 Å². The first-order valence-corrected chi connectivity index (χ1v) is 8.67. The summed E-state index contributed by atoms with van der Waals surface area (Å²) in [5.41, 5.74) is 2.68. The van der Waals surface area contributed by atoms with Crippen molar-refractivity contribution in [1.82, 2.24) is 0 Å². The average molecular weight is 288 g/mol. The van der Waals surface area contributed by atoms with E-state index in [-0.39, 0.29) is 0 Å². The van der Waals surface area contributed by atoms with Crippen molar-refractivity contribution < 1.29 is 4.39 Å². The Morgan fingerprint density at radius 3 is 2.38 bits per heavy atom. The summed E-state index contributed by atoms with van der Waals surface area (Å²) in [4.78, 5) is 0. The fourth-order valence-corrected chi connectivity index (χ4v) is 3.57. The van der Waals surface area contributed by atoms with Gasteiger partial charge < -0.3 is 0 Å². The second kappa shape index (κ2) is 9.02. The van der Waals surface area contributed by atoms with Gasteiger partial charge in [-0.2, -0.15) is 0 Å². The van der Waals surface area contributed by atoms with E-state index >= 15 is 0 Å². The molecule has 0 aliphatic heterocycles. The molecule has 116 valence electrons. The summed E-state index contributed by atoms with van der Waals surface area (Å²) >= 11 is 0. The Hall–Kier alpha value is -1.11. The van der Waals surface area contributed by atoms with Gasteiger partial charge in [-0.05, 0) is 55.1 Å². The molecule has 0 N–H and O–H groups in total. The SMILES string of the molecule is CCCCC[C@H]1CC[C@H](c2ccc(C/C=C/F)cc2)CC1. The normalized spacial score (nSPS) is 22.8. The van der Waals surface area contributed by atoms with Gasteiger partial charge >= 0.3 is 0 Å². The minimum Gasteiger partial charge on any atom is -0.216 e. The molecule has 0 radical (unpaired) electrons. The second-order valence-electron chi connectivity index (χ2n) is 6.52. The lowest BCUT2D eigenvalue weighted by Crippen LogP contribution is -2.13. The van der Waals surface area contributed by atoms with E-state index in [2.05, 4.69) is 31.2 Å². The standard InChI is InChI=1S/C20H29F/c1-2-3-4-6-17-8-12-19(13-9-17)20-14-10-18(11-15-20)7-5-16-21/h5,10-11,14-17,19H,2-4,6-9,12-13H2,1H3/b16-5+/t17-,19-. The van der Waals surface area contributed by atoms with Crippen LogP contribution < -0.4 is 0 Å². The largest absolute Gasteiger partial charge is 0.216 e. The summed E-state index contributed by atoms with van der Waals surface area (Å²) in [5.74, 6) is 1.72. The molecule has 0 bridgehead atoms. The molecule has 2 rings (SSSR count). The molecule has 21 heavy (non-hydrogen) atoms. The predicted molar refractivity (Wildman–Crippen MR) is 89.2 cm³/mol. The van der Waals surface area contributed by atoms with Crippen molar-refractivity contribution in [1.29, 1.82) is 0 Å². The highest BCUT2D eigenvalue weighted by molar-refractivity contribution is 5.27. The van der Waals surface area contributed by atoms with Gasteiger partial charge in [0, 0.05) is 0 Å². The van der Waals surface area contributed by atoms with Crippen molar-refractivity contribution >= 4 is 0 Å². The average Bonchev–Trinajstić information content (AvgIpc) is 2.54. The van der Waals surface area contributed by atoms with E-state index in [0.717, 1.165) is 11.8 Å². The zero-order valence-corrected chi connectivity index (χ0v) is 13.4. The van der Waals surface area contributed by atoms with E-state index in [9.17, 15) is 4.39 Å². The molecule has 0 unspecified atom stereocenters. The van der Waals surface area contributed by atoms with Crippen molar-refractivity contribution in [2.75, 3.05) is 0 Å². The molecule has 0 heterocycles. The third-order valence-electron chi connectivity index (χ3n) is 4.96. The molecular weight excluding hydrogens is 259 g/mol. The van der Waals surface area contributed by atoms with Gasteiger partial charge in [0.15, 0.2) is 0 Å². The Kier molecular flexibility index (Phi) is 6.99. The monoisotopic (exact) mass is 288 g/mol. The lowest BCUT2D eigenvalue weighted by molar-refractivity contribution is 0.303. The molecule has 1 heteroatoms. The molecule has 1 aromatic carbocycles. The van der Waals surface area contributed by atoms with E-state index < -0.39 is 0 Å². The minimum atomic E-state index is 0.633. The third kappa shape index (κ3) is 5.30. The van der Waals surface area contributed by atoms with Crippen LogP contribution in [0.3, 0.4) is 0 Å². The molecule has 0 nitrogen and oxygen atoms in total. The van der Waals surface area contributed by atoms with Crippen LogP contribution >= 0.6 is 0 Å². The first-order chi connectivity index (χ1) is 10.3. The molecule has 0 amide bonds. The Morgan fingerprint density at radius 2 is 1.76 bits per heavy atom. The van der Waals surface area contributed by atoms with Gasteiger partial charge in [0.1, 0.15) is 0 Å². The third-order valence-corrected chi connectivity index (χ3v) is 4.96. The van der Waals surface area contributed by atoms with Crippen LogP contribution in [0.5, 0.6) is 0 Å². The van der Waals surface area contributed by atoms with Gasteiger partial charge in [0.25, 0.3) is 0 Å². The van der Waals surface area contributed by atoms with Crippen LogP contribution in [-0.2, 0) is 6.42 Å². The summed E-state index contributed by atoms with van der Waals surface area (Å²) in [6.45, 7) is 2.28. The van der Waals surface area contributed by atoms with Crippen molar-refractivity contribution in [3.8, 4) is 0 Å². The van der Waals surface area contributed by atoms with Gasteiger partial charge in [-0.15, -0.1) is 0 Å². The number of hydrogen-bond acceptors (Lipinski definition) is 0. The second-order valence-corrected chi connectivity index (χ2v) is 6.52. The van der Waals surface area contributed by atoms with Crippen LogP contribution in [0.4, 0.5) is 4.39 Å². The van der Waals surface area contributed by atoms with Crippen molar-refractivity contribution in [3.05, 3.63) is 47.8 Å². The van der Waals surface area contributed by atoms with Crippen molar-refractivity contribution in [3.63, 3.8) is 0 Å². The maximum absolute atomic E-state index is 12.0. The van der Waals surface area contributed by atoms with Crippen LogP contribution in [0.25, 0.3) is 0 Å². The molecular formula is C20H29F. The topological polar surface area (TPSA) is 0 Å². The Labute approximate surface area is 129 Å². The predicted octanol–water partition coefficient (Wildman–Crippen LogP) is 6.57. The lowest BCUT2D eigenvalue weighted by Gasteiger charge is -2.29. The van der Waals surface area contributed by atoms with Crippen LogP contribution in [-0.4, -0.2) is 0 Å². The van der Waals surface area contributed by atoms with Crippen molar-refractivity contribution in [2.45, 2.75) is 70.6 Å². The molecule has 0 aromatic heterocycles.